The van der Waals surface area contributed by atoms with Gasteiger partial charge in [0.1, 0.15) is 0 Å². The number of anilines is 2. The number of para-hydroxylation sites is 1. The maximum absolute atomic E-state index is 12.8. The zero-order chi connectivity index (χ0) is 48.3. The summed E-state index contributed by atoms with van der Waals surface area (Å²) in [6, 6.07) is 32.8. The van der Waals surface area contributed by atoms with Crippen LogP contribution in [0.3, 0.4) is 0 Å². The summed E-state index contributed by atoms with van der Waals surface area (Å²) >= 11 is 0. The van der Waals surface area contributed by atoms with E-state index in [-0.39, 0.29) is 23.6 Å². The zero-order valence-electron chi connectivity index (χ0n) is 39.4. The van der Waals surface area contributed by atoms with Crippen molar-refractivity contribution in [3.63, 3.8) is 0 Å². The van der Waals surface area contributed by atoms with Gasteiger partial charge in [0.05, 0.1) is 23.8 Å². The van der Waals surface area contributed by atoms with Gasteiger partial charge in [-0.15, -0.1) is 0 Å². The van der Waals surface area contributed by atoms with Gasteiger partial charge in [0.15, 0.2) is 0 Å². The van der Waals surface area contributed by atoms with Crippen LogP contribution in [-0.4, -0.2) is 71.5 Å². The lowest BCUT2D eigenvalue weighted by Crippen LogP contribution is -2.20. The van der Waals surface area contributed by atoms with Crippen LogP contribution in [0.25, 0.3) is 21.8 Å². The highest BCUT2D eigenvalue weighted by molar-refractivity contribution is 5.96. The zero-order valence-corrected chi connectivity index (χ0v) is 39.4. The van der Waals surface area contributed by atoms with Crippen LogP contribution in [0.1, 0.15) is 127 Å². The number of hydrogen-bond donors (Lipinski definition) is 8. The maximum Gasteiger partial charge on any atom is 0.271 e. The Labute approximate surface area is 407 Å². The molecule has 70 heavy (non-hydrogen) atoms. The summed E-state index contributed by atoms with van der Waals surface area (Å²) < 4.78 is 0. The van der Waals surface area contributed by atoms with Crippen molar-refractivity contribution in [1.29, 1.82) is 0 Å². The second-order valence-electron chi connectivity index (χ2n) is 18.1. The molecule has 4 amide bonds. The summed E-state index contributed by atoms with van der Waals surface area (Å²) in [6.45, 7) is 1.20. The van der Waals surface area contributed by atoms with Crippen molar-refractivity contribution in [2.24, 2.45) is 32.2 Å². The maximum atomic E-state index is 12.8. The molecule has 2 aliphatic rings. The number of H-pyrrole nitrogens is 2. The van der Waals surface area contributed by atoms with E-state index in [2.05, 4.69) is 80.9 Å². The molecule has 0 radical (unpaired) electrons. The molecule has 16 heteroatoms. The van der Waals surface area contributed by atoms with Crippen molar-refractivity contribution in [3.8, 4) is 0 Å². The largest absolute Gasteiger partial charge is 0.385 e. The predicted octanol–water partition coefficient (Wildman–Crippen LogP) is 9.32. The van der Waals surface area contributed by atoms with Crippen molar-refractivity contribution in [3.05, 3.63) is 131 Å². The Balaban J connectivity index is 0.675. The molecule has 16 nitrogen and oxygen atoms in total. The lowest BCUT2D eigenvalue weighted by molar-refractivity contribution is -0.121. The molecule has 8 N–H and O–H groups in total. The lowest BCUT2D eigenvalue weighted by Gasteiger charge is -2.26. The van der Waals surface area contributed by atoms with Crippen LogP contribution in [-0.2, 0) is 9.59 Å². The molecule has 2 fully saturated rings. The third kappa shape index (κ3) is 14.6. The van der Waals surface area contributed by atoms with E-state index in [1.54, 1.807) is 36.7 Å². The number of hydrogen-bond acceptors (Lipinski definition) is 10. The molecular weight excluding hydrogens is 881 g/mol. The monoisotopic (exact) mass is 943 g/mol. The lowest BCUT2D eigenvalue weighted by atomic mass is 9.79. The van der Waals surface area contributed by atoms with Crippen molar-refractivity contribution < 1.29 is 19.2 Å². The fourth-order valence-electron chi connectivity index (χ4n) is 8.97. The van der Waals surface area contributed by atoms with E-state index in [0.717, 1.165) is 83.1 Å². The fourth-order valence-corrected chi connectivity index (χ4v) is 8.97. The number of rotatable bonds is 21. The Morgan fingerprint density at radius 2 is 1.03 bits per heavy atom. The van der Waals surface area contributed by atoms with E-state index in [9.17, 15) is 19.2 Å². The molecule has 0 bridgehead atoms. The third-order valence-corrected chi connectivity index (χ3v) is 12.9. The molecule has 4 aromatic carbocycles. The molecule has 0 unspecified atom stereocenters. The van der Waals surface area contributed by atoms with Gasteiger partial charge in [-0.25, -0.2) is 21.7 Å². The average molecular weight is 943 g/mol. The minimum absolute atomic E-state index is 0.115. The summed E-state index contributed by atoms with van der Waals surface area (Å²) in [5.41, 5.74) is 18.2. The number of nitrogens with zero attached hydrogens (tertiary/aromatic N) is 4. The second kappa shape index (κ2) is 24.9. The number of carbonyl (C=O) groups is 4. The number of carbonyl (C=O) groups excluding carboxylic acids is 4. The van der Waals surface area contributed by atoms with Crippen molar-refractivity contribution in [2.75, 3.05) is 23.7 Å². The van der Waals surface area contributed by atoms with E-state index in [1.807, 2.05) is 73.1 Å². The Bertz CT molecular complexity index is 2780. The summed E-state index contributed by atoms with van der Waals surface area (Å²) in [5, 5.41) is 25.4. The molecule has 0 atom stereocenters. The molecule has 362 valence electrons. The van der Waals surface area contributed by atoms with Crippen LogP contribution in [0.4, 0.5) is 11.4 Å². The Morgan fingerprint density at radius 1 is 0.514 bits per heavy atom. The second-order valence-corrected chi connectivity index (χ2v) is 18.1. The van der Waals surface area contributed by atoms with Gasteiger partial charge in [-0.1, -0.05) is 49.6 Å². The van der Waals surface area contributed by atoms with Crippen molar-refractivity contribution >= 4 is 81.7 Å². The third-order valence-electron chi connectivity index (χ3n) is 12.9. The first-order chi connectivity index (χ1) is 34.3. The van der Waals surface area contributed by atoms with Crippen LogP contribution in [0.5, 0.6) is 0 Å². The minimum Gasteiger partial charge on any atom is -0.385 e. The Kier molecular flexibility index (Phi) is 17.3. The van der Waals surface area contributed by atoms with E-state index >= 15 is 0 Å². The minimum atomic E-state index is -0.323. The number of nitrogens with one attached hydrogen (secondary N) is 8. The summed E-state index contributed by atoms with van der Waals surface area (Å²) in [4.78, 5) is 56.6. The molecular formula is C54H62N12O4. The summed E-state index contributed by atoms with van der Waals surface area (Å²) in [7, 11) is 0. The van der Waals surface area contributed by atoms with Crippen LogP contribution >= 0.6 is 0 Å². The number of fused-ring (bicyclic) bond motifs is 2. The van der Waals surface area contributed by atoms with Crippen molar-refractivity contribution in [1.82, 2.24) is 31.7 Å². The fraction of sp³-hybridized carbons (Fsp3) is 0.333. The molecule has 0 aliphatic heterocycles. The first-order valence-corrected chi connectivity index (χ1v) is 24.5. The Hall–Kier alpha value is -7.88. The van der Waals surface area contributed by atoms with E-state index in [0.29, 0.717) is 67.7 Å². The normalized spacial score (nSPS) is 16.6. The molecule has 2 heterocycles. The highest BCUT2D eigenvalue weighted by Gasteiger charge is 2.22. The molecule has 8 rings (SSSR count). The number of benzene rings is 4. The van der Waals surface area contributed by atoms with Gasteiger partial charge in [0, 0.05) is 82.7 Å². The number of amides is 4. The summed E-state index contributed by atoms with van der Waals surface area (Å²) in [5.74, 6) is 0.374. The van der Waals surface area contributed by atoms with Crippen LogP contribution in [0.2, 0.25) is 0 Å². The number of aromatic nitrogens is 2. The highest BCUT2D eigenvalue weighted by Crippen LogP contribution is 2.36. The van der Waals surface area contributed by atoms with E-state index in [1.165, 1.54) is 24.8 Å². The summed E-state index contributed by atoms with van der Waals surface area (Å²) in [6.07, 6.45) is 18.9. The molecule has 2 aliphatic carbocycles. The smallest absolute Gasteiger partial charge is 0.271 e. The SMILES string of the molecule is O=C(CCCNc1ccc(C(=O)N/N=C/c2cc3ccc(C4CCC(/C=N/NC(=O)CCCNc5ccc(C(=O)N/N=C/C6CCCCC6)cc5)CC4)cc3[nH]2)cc1)N/N=C/c1cc2ccccc2[nH]1. The molecule has 2 saturated carbocycles. The van der Waals surface area contributed by atoms with Crippen LogP contribution < -0.4 is 32.3 Å². The first-order valence-electron chi connectivity index (χ1n) is 24.5. The van der Waals surface area contributed by atoms with Gasteiger partial charge >= 0.3 is 0 Å². The van der Waals surface area contributed by atoms with Gasteiger partial charge in [0.25, 0.3) is 11.8 Å². The van der Waals surface area contributed by atoms with Gasteiger partial charge < -0.3 is 20.6 Å². The van der Waals surface area contributed by atoms with E-state index < -0.39 is 0 Å². The van der Waals surface area contributed by atoms with Gasteiger partial charge in [-0.2, -0.15) is 20.4 Å². The van der Waals surface area contributed by atoms with E-state index in [4.69, 9.17) is 0 Å². The number of aromatic amines is 2. The van der Waals surface area contributed by atoms with Crippen LogP contribution in [0.15, 0.2) is 124 Å². The number of hydrazone groups is 4. The topological polar surface area (TPSA) is 221 Å². The van der Waals surface area contributed by atoms with Gasteiger partial charge in [0.2, 0.25) is 11.8 Å². The molecule has 0 spiro atoms. The van der Waals surface area contributed by atoms with Gasteiger partial charge in [-0.3, -0.25) is 19.2 Å². The quantitative estimate of drug-likeness (QED) is 0.0199. The highest BCUT2D eigenvalue weighted by atomic mass is 16.2. The Morgan fingerprint density at radius 3 is 1.64 bits per heavy atom. The molecule has 6 aromatic rings. The molecule has 2 aromatic heterocycles. The van der Waals surface area contributed by atoms with Gasteiger partial charge in [-0.05, 0) is 147 Å². The standard InChI is InChI=1S/C54H62N12O4/c67-51(12-6-28-55-45-24-20-40(21-25-45)53(69)65-58-33-37-8-2-1-3-9-37)63-57-34-38-14-16-39(17-15-38)42-18-19-44-31-48(62-50(44)32-42)36-60-66-54(70)41-22-26-46(27-23-41)56-29-7-13-52(68)64-59-35-47-30-43-10-4-5-11-49(43)61-47/h4-5,10-11,18-27,30-39,55-56,61-62H,1-3,6-9,12-17,28-29H2,(H,63,67)(H,64,68)(H,65,69)(H,66,70)/b57-34+,58-33+,59-35+,60-36+. The molecule has 0 saturated heterocycles. The first kappa shape index (κ1) is 48.6. The van der Waals surface area contributed by atoms with Crippen LogP contribution in [0, 0.1) is 11.8 Å². The van der Waals surface area contributed by atoms with Crippen molar-refractivity contribution in [2.45, 2.75) is 89.4 Å². The average Bonchev–Trinajstić information content (AvgIpc) is 4.01. The predicted molar refractivity (Wildman–Crippen MR) is 280 cm³/mol.